The molecule has 0 unspecified atom stereocenters. The number of methoxy groups -OCH3 is 1. The summed E-state index contributed by atoms with van der Waals surface area (Å²) in [6.07, 6.45) is 6.28. The number of ether oxygens (including phenoxy) is 2. The van der Waals surface area contributed by atoms with Gasteiger partial charge in [0.2, 0.25) is 0 Å². The number of likely N-dealkylation sites (tertiary alicyclic amines) is 1. The van der Waals surface area contributed by atoms with E-state index in [1.165, 1.54) is 5.56 Å². The second-order valence-electron chi connectivity index (χ2n) is 7.26. The minimum atomic E-state index is -0.0203. The summed E-state index contributed by atoms with van der Waals surface area (Å²) in [6.45, 7) is 3.70. The van der Waals surface area contributed by atoms with Crippen LogP contribution < -0.4 is 9.64 Å². The SMILES string of the molecule is COc1cccc(C[C@@H]2CN(c3cncc(C(=O)N4CCCC4)n3)CCO2)c1. The Morgan fingerprint density at radius 3 is 2.93 bits per heavy atom. The summed E-state index contributed by atoms with van der Waals surface area (Å²) in [5.41, 5.74) is 1.60. The van der Waals surface area contributed by atoms with Crippen molar-refractivity contribution in [2.24, 2.45) is 0 Å². The number of morpholine rings is 1. The minimum Gasteiger partial charge on any atom is -0.497 e. The van der Waals surface area contributed by atoms with E-state index in [4.69, 9.17) is 9.47 Å². The number of amides is 1. The first kappa shape index (κ1) is 18.7. The Morgan fingerprint density at radius 1 is 1.25 bits per heavy atom. The molecule has 1 amide bonds. The highest BCUT2D eigenvalue weighted by molar-refractivity contribution is 5.92. The smallest absolute Gasteiger partial charge is 0.274 e. The van der Waals surface area contributed by atoms with Crippen molar-refractivity contribution < 1.29 is 14.3 Å². The van der Waals surface area contributed by atoms with Crippen LogP contribution in [-0.2, 0) is 11.2 Å². The molecule has 7 heteroatoms. The average molecular weight is 382 g/mol. The van der Waals surface area contributed by atoms with Crippen LogP contribution in [0.1, 0.15) is 28.9 Å². The van der Waals surface area contributed by atoms with Crippen molar-refractivity contribution in [1.29, 1.82) is 0 Å². The van der Waals surface area contributed by atoms with Crippen LogP contribution in [0.25, 0.3) is 0 Å². The van der Waals surface area contributed by atoms with Crippen molar-refractivity contribution in [3.63, 3.8) is 0 Å². The molecule has 28 heavy (non-hydrogen) atoms. The molecule has 3 heterocycles. The van der Waals surface area contributed by atoms with Gasteiger partial charge in [0.25, 0.3) is 5.91 Å². The predicted molar refractivity (Wildman–Crippen MR) is 106 cm³/mol. The number of anilines is 1. The van der Waals surface area contributed by atoms with Gasteiger partial charge in [0.05, 0.1) is 32.2 Å². The molecule has 2 aromatic rings. The summed E-state index contributed by atoms with van der Waals surface area (Å²) >= 11 is 0. The van der Waals surface area contributed by atoms with E-state index in [1.54, 1.807) is 19.5 Å². The van der Waals surface area contributed by atoms with Crippen LogP contribution in [0.5, 0.6) is 5.75 Å². The third kappa shape index (κ3) is 4.25. The van der Waals surface area contributed by atoms with Crippen LogP contribution in [0, 0.1) is 0 Å². The largest absolute Gasteiger partial charge is 0.497 e. The molecule has 2 saturated heterocycles. The lowest BCUT2D eigenvalue weighted by Crippen LogP contribution is -2.44. The zero-order chi connectivity index (χ0) is 19.3. The first-order chi connectivity index (χ1) is 13.7. The fourth-order valence-electron chi connectivity index (χ4n) is 3.81. The maximum atomic E-state index is 12.6. The van der Waals surface area contributed by atoms with Gasteiger partial charge in [0, 0.05) is 32.6 Å². The van der Waals surface area contributed by atoms with E-state index < -0.39 is 0 Å². The molecule has 0 radical (unpaired) electrons. The highest BCUT2D eigenvalue weighted by Crippen LogP contribution is 2.20. The Morgan fingerprint density at radius 2 is 2.11 bits per heavy atom. The number of hydrogen-bond donors (Lipinski definition) is 0. The van der Waals surface area contributed by atoms with Gasteiger partial charge in [-0.2, -0.15) is 0 Å². The first-order valence-electron chi connectivity index (χ1n) is 9.84. The highest BCUT2D eigenvalue weighted by atomic mass is 16.5. The standard InChI is InChI=1S/C21H26N4O3/c1-27-17-6-4-5-16(11-17)12-18-15-25(9-10-28-18)20-14-22-13-19(23-20)21(26)24-7-2-3-8-24/h4-6,11,13-14,18H,2-3,7-10,12,15H2,1H3/t18-/m1/s1. The second kappa shape index (κ2) is 8.56. The van der Waals surface area contributed by atoms with E-state index >= 15 is 0 Å². The molecule has 0 saturated carbocycles. The minimum absolute atomic E-state index is 0.0203. The van der Waals surface area contributed by atoms with Gasteiger partial charge in [-0.1, -0.05) is 12.1 Å². The predicted octanol–water partition coefficient (Wildman–Crippen LogP) is 2.17. The Labute approximate surface area is 165 Å². The van der Waals surface area contributed by atoms with E-state index in [-0.39, 0.29) is 12.0 Å². The lowest BCUT2D eigenvalue weighted by atomic mass is 10.1. The van der Waals surface area contributed by atoms with Crippen molar-refractivity contribution in [1.82, 2.24) is 14.9 Å². The molecule has 2 fully saturated rings. The number of carbonyl (C=O) groups excluding carboxylic acids is 1. The van der Waals surface area contributed by atoms with E-state index in [9.17, 15) is 4.79 Å². The average Bonchev–Trinajstić information content (AvgIpc) is 3.28. The number of rotatable bonds is 5. The summed E-state index contributed by atoms with van der Waals surface area (Å²) in [5.74, 6) is 1.57. The van der Waals surface area contributed by atoms with Crippen molar-refractivity contribution in [3.05, 3.63) is 47.9 Å². The molecule has 2 aliphatic rings. The fraction of sp³-hybridized carbons (Fsp3) is 0.476. The van der Waals surface area contributed by atoms with E-state index in [1.807, 2.05) is 23.1 Å². The molecule has 0 N–H and O–H groups in total. The number of benzene rings is 1. The van der Waals surface area contributed by atoms with Gasteiger partial charge in [0.15, 0.2) is 0 Å². The number of aromatic nitrogens is 2. The normalized spacial score (nSPS) is 19.7. The van der Waals surface area contributed by atoms with Crippen LogP contribution in [0.3, 0.4) is 0 Å². The van der Waals surface area contributed by atoms with Crippen LogP contribution in [0.2, 0.25) is 0 Å². The molecule has 1 atom stereocenters. The zero-order valence-electron chi connectivity index (χ0n) is 16.2. The second-order valence-corrected chi connectivity index (χ2v) is 7.26. The maximum Gasteiger partial charge on any atom is 0.274 e. The van der Waals surface area contributed by atoms with E-state index in [0.717, 1.165) is 50.5 Å². The summed E-state index contributed by atoms with van der Waals surface area (Å²) in [6, 6.07) is 8.06. The van der Waals surface area contributed by atoms with Crippen molar-refractivity contribution >= 4 is 11.7 Å². The van der Waals surface area contributed by atoms with E-state index in [0.29, 0.717) is 18.8 Å². The Hall–Kier alpha value is -2.67. The third-order valence-electron chi connectivity index (χ3n) is 5.29. The summed E-state index contributed by atoms with van der Waals surface area (Å²) in [4.78, 5) is 25.5. The lowest BCUT2D eigenvalue weighted by Gasteiger charge is -2.33. The van der Waals surface area contributed by atoms with Crippen LogP contribution in [-0.4, -0.2) is 66.8 Å². The summed E-state index contributed by atoms with van der Waals surface area (Å²) in [7, 11) is 1.67. The molecule has 7 nitrogen and oxygen atoms in total. The van der Waals surface area contributed by atoms with Gasteiger partial charge in [-0.05, 0) is 30.5 Å². The Balaban J connectivity index is 1.44. The first-order valence-corrected chi connectivity index (χ1v) is 9.84. The highest BCUT2D eigenvalue weighted by Gasteiger charge is 2.25. The van der Waals surface area contributed by atoms with Crippen molar-refractivity contribution in [3.8, 4) is 5.75 Å². The Kier molecular flexibility index (Phi) is 5.71. The third-order valence-corrected chi connectivity index (χ3v) is 5.29. The molecule has 2 aliphatic heterocycles. The lowest BCUT2D eigenvalue weighted by molar-refractivity contribution is 0.0407. The van der Waals surface area contributed by atoms with Gasteiger partial charge in [-0.25, -0.2) is 4.98 Å². The molecule has 0 spiro atoms. The quantitative estimate of drug-likeness (QED) is 0.790. The number of hydrogen-bond acceptors (Lipinski definition) is 6. The monoisotopic (exact) mass is 382 g/mol. The molecule has 0 bridgehead atoms. The van der Waals surface area contributed by atoms with Gasteiger partial charge in [0.1, 0.15) is 17.3 Å². The Bertz CT molecular complexity index is 823. The molecular formula is C21H26N4O3. The van der Waals surface area contributed by atoms with Gasteiger partial charge in [-0.3, -0.25) is 9.78 Å². The topological polar surface area (TPSA) is 67.8 Å². The van der Waals surface area contributed by atoms with Crippen molar-refractivity contribution in [2.45, 2.75) is 25.4 Å². The molecular weight excluding hydrogens is 356 g/mol. The fourth-order valence-corrected chi connectivity index (χ4v) is 3.81. The molecule has 148 valence electrons. The summed E-state index contributed by atoms with van der Waals surface area (Å²) in [5, 5.41) is 0. The van der Waals surface area contributed by atoms with Gasteiger partial charge < -0.3 is 19.3 Å². The molecule has 1 aromatic heterocycles. The van der Waals surface area contributed by atoms with Crippen LogP contribution >= 0.6 is 0 Å². The summed E-state index contributed by atoms with van der Waals surface area (Å²) < 4.78 is 11.3. The molecule has 0 aliphatic carbocycles. The van der Waals surface area contributed by atoms with Crippen LogP contribution in [0.15, 0.2) is 36.7 Å². The number of carbonyl (C=O) groups is 1. The van der Waals surface area contributed by atoms with E-state index in [2.05, 4.69) is 20.9 Å². The zero-order valence-corrected chi connectivity index (χ0v) is 16.2. The van der Waals surface area contributed by atoms with Crippen LogP contribution in [0.4, 0.5) is 5.82 Å². The van der Waals surface area contributed by atoms with Crippen molar-refractivity contribution in [2.75, 3.05) is 44.8 Å². The molecule has 1 aromatic carbocycles. The number of nitrogens with zero attached hydrogens (tertiary/aromatic N) is 4. The van der Waals surface area contributed by atoms with Gasteiger partial charge >= 0.3 is 0 Å². The maximum absolute atomic E-state index is 12.6. The molecule has 4 rings (SSSR count). The van der Waals surface area contributed by atoms with Gasteiger partial charge in [-0.15, -0.1) is 0 Å².